The van der Waals surface area contributed by atoms with Gasteiger partial charge in [-0.25, -0.2) is 14.3 Å². The first-order valence-electron chi connectivity index (χ1n) is 11.4. The van der Waals surface area contributed by atoms with Crippen molar-refractivity contribution in [2.24, 2.45) is 0 Å². The van der Waals surface area contributed by atoms with Crippen LogP contribution >= 0.6 is 20.0 Å². The number of nitrogens with one attached hydrogen (secondary N) is 2. The largest absolute Gasteiger partial charge is 0.472 e. The second-order valence-corrected chi connectivity index (χ2v) is 10.6. The van der Waals surface area contributed by atoms with E-state index in [-0.39, 0.29) is 23.4 Å². The van der Waals surface area contributed by atoms with Gasteiger partial charge in [-0.3, -0.25) is 28.0 Å². The molecule has 0 spiro atoms. The topological polar surface area (TPSA) is 242 Å². The SMILES string of the molecule is Nc1nc2c(ncn2[C@H]2C[C@@H](OP(=O)(O)OCC3O[C@@H](n4cc(F)c(=O)[nH]c4=O)C[C@H]3O)C(CO)O2)c(=S)[nH]1. The number of anilines is 1. The van der Waals surface area contributed by atoms with Gasteiger partial charge in [-0.1, -0.05) is 12.2 Å². The van der Waals surface area contributed by atoms with Crippen molar-refractivity contribution >= 4 is 37.2 Å². The number of hydrogen-bond acceptors (Lipinski definition) is 13. The molecule has 212 valence electrons. The number of rotatable bonds is 8. The van der Waals surface area contributed by atoms with E-state index in [9.17, 15) is 33.7 Å². The summed E-state index contributed by atoms with van der Waals surface area (Å²) in [7, 11) is -4.79. The van der Waals surface area contributed by atoms with Crippen LogP contribution in [0.1, 0.15) is 25.3 Å². The molecule has 0 saturated carbocycles. The molecule has 0 radical (unpaired) electrons. The van der Waals surface area contributed by atoms with Crippen molar-refractivity contribution in [3.05, 3.63) is 43.8 Å². The molecule has 5 heterocycles. The summed E-state index contributed by atoms with van der Waals surface area (Å²) in [6.45, 7) is -1.19. The highest BCUT2D eigenvalue weighted by Crippen LogP contribution is 2.49. The predicted octanol–water partition coefficient (Wildman–Crippen LogP) is -0.809. The molecule has 2 aliphatic rings. The molecule has 5 rings (SSSR count). The number of aromatic amines is 2. The lowest BCUT2D eigenvalue weighted by Gasteiger charge is -2.21. The van der Waals surface area contributed by atoms with Crippen LogP contribution in [-0.4, -0.2) is 81.8 Å². The van der Waals surface area contributed by atoms with Crippen LogP contribution in [0.25, 0.3) is 11.2 Å². The first-order chi connectivity index (χ1) is 18.5. The van der Waals surface area contributed by atoms with Gasteiger partial charge in [0.2, 0.25) is 11.8 Å². The lowest BCUT2D eigenvalue weighted by Crippen LogP contribution is -2.34. The predicted molar refractivity (Wildman–Crippen MR) is 129 cm³/mol. The highest BCUT2D eigenvalue weighted by molar-refractivity contribution is 7.71. The number of nitrogens with zero attached hydrogens (tertiary/aromatic N) is 4. The van der Waals surface area contributed by atoms with Crippen LogP contribution in [0.2, 0.25) is 0 Å². The van der Waals surface area contributed by atoms with E-state index in [2.05, 4.69) is 15.0 Å². The Morgan fingerprint density at radius 1 is 1.23 bits per heavy atom. The number of nitrogen functional groups attached to an aromatic ring is 1. The van der Waals surface area contributed by atoms with Crippen molar-refractivity contribution < 1.29 is 42.6 Å². The molecule has 3 aromatic heterocycles. The molecule has 2 aliphatic heterocycles. The third-order valence-corrected chi connectivity index (χ3v) is 7.54. The van der Waals surface area contributed by atoms with Gasteiger partial charge in [0.25, 0.3) is 5.56 Å². The third-order valence-electron chi connectivity index (χ3n) is 6.23. The normalized spacial score (nSPS) is 28.7. The number of aromatic nitrogens is 6. The Morgan fingerprint density at radius 3 is 2.69 bits per heavy atom. The van der Waals surface area contributed by atoms with Crippen molar-refractivity contribution in [3.8, 4) is 0 Å². The number of nitrogens with two attached hydrogens (primary N) is 1. The Hall–Kier alpha value is -2.87. The summed E-state index contributed by atoms with van der Waals surface area (Å²) < 4.78 is 50.3. The van der Waals surface area contributed by atoms with E-state index >= 15 is 0 Å². The lowest BCUT2D eigenvalue weighted by atomic mass is 10.2. The van der Waals surface area contributed by atoms with Crippen LogP contribution in [-0.2, 0) is 23.1 Å². The average Bonchev–Trinajstić information content (AvgIpc) is 3.56. The fourth-order valence-corrected chi connectivity index (χ4v) is 5.59. The van der Waals surface area contributed by atoms with E-state index in [4.69, 9.17) is 36.5 Å². The molecule has 0 amide bonds. The molecular formula is C19H23FN7O10PS. The molecule has 20 heteroatoms. The molecule has 0 aromatic carbocycles. The molecule has 0 bridgehead atoms. The number of hydrogen-bond donors (Lipinski definition) is 6. The number of phosphoric ester groups is 1. The van der Waals surface area contributed by atoms with Gasteiger partial charge in [0.15, 0.2) is 5.65 Å². The number of imidazole rings is 1. The van der Waals surface area contributed by atoms with Gasteiger partial charge in [-0.15, -0.1) is 0 Å². The minimum Gasteiger partial charge on any atom is -0.394 e. The van der Waals surface area contributed by atoms with Crippen LogP contribution in [0, 0.1) is 10.5 Å². The Labute approximate surface area is 221 Å². The molecular weight excluding hydrogens is 568 g/mol. The first kappa shape index (κ1) is 27.7. The number of aliphatic hydroxyl groups is 2. The zero-order valence-corrected chi connectivity index (χ0v) is 21.5. The highest BCUT2D eigenvalue weighted by atomic mass is 32.1. The second kappa shape index (κ2) is 10.6. The van der Waals surface area contributed by atoms with Crippen LogP contribution < -0.4 is 17.0 Å². The van der Waals surface area contributed by atoms with Gasteiger partial charge < -0.3 is 35.3 Å². The number of ether oxygens (including phenoxy) is 2. The standard InChI is InChI=1S/C19H23FN7O10PS/c20-7-3-26(19(31)24-16(7)30)12-1-8(29)11(36-12)5-34-38(32,33)37-9-2-13(35-10(9)4-28)27-6-22-14-15(27)23-18(21)25-17(14)39/h3,6,8-13,28-29H,1-2,4-5H2,(H,32,33)(H,24,30,31)(H3,21,23,25,39)/t8-,9-,10?,11?,12-,13-/m1/s1. The minimum absolute atomic E-state index is 0.0110. The molecule has 2 fully saturated rings. The summed E-state index contributed by atoms with van der Waals surface area (Å²) in [6, 6.07) is 0. The maximum atomic E-state index is 13.6. The van der Waals surface area contributed by atoms with Gasteiger partial charge in [0.05, 0.1) is 31.8 Å². The molecule has 0 aliphatic carbocycles. The quantitative estimate of drug-likeness (QED) is 0.139. The Morgan fingerprint density at radius 2 is 1.95 bits per heavy atom. The molecule has 7 N–H and O–H groups in total. The van der Waals surface area contributed by atoms with Gasteiger partial charge in [-0.2, -0.15) is 9.37 Å². The van der Waals surface area contributed by atoms with Crippen molar-refractivity contribution in [1.29, 1.82) is 0 Å². The zero-order chi connectivity index (χ0) is 28.1. The summed E-state index contributed by atoms with van der Waals surface area (Å²) in [6.07, 6.45) is -4.73. The van der Waals surface area contributed by atoms with E-state index in [1.807, 2.05) is 0 Å². The molecule has 7 atom stereocenters. The number of halogens is 1. The first-order valence-corrected chi connectivity index (χ1v) is 13.3. The number of fused-ring (bicyclic) bond motifs is 1. The van der Waals surface area contributed by atoms with Crippen molar-refractivity contribution in [2.45, 2.75) is 49.7 Å². The van der Waals surface area contributed by atoms with Gasteiger partial charge in [0, 0.05) is 12.8 Å². The van der Waals surface area contributed by atoms with E-state index in [0.29, 0.717) is 17.4 Å². The molecule has 2 saturated heterocycles. The summed E-state index contributed by atoms with van der Waals surface area (Å²) in [4.78, 5) is 46.3. The van der Waals surface area contributed by atoms with Gasteiger partial charge >= 0.3 is 13.5 Å². The molecule has 3 aromatic rings. The van der Waals surface area contributed by atoms with Crippen LogP contribution in [0.5, 0.6) is 0 Å². The molecule has 39 heavy (non-hydrogen) atoms. The summed E-state index contributed by atoms with van der Waals surface area (Å²) in [5.41, 5.74) is 4.20. The minimum atomic E-state index is -4.79. The zero-order valence-electron chi connectivity index (χ0n) is 19.7. The number of aliphatic hydroxyl groups excluding tert-OH is 2. The van der Waals surface area contributed by atoms with Crippen LogP contribution in [0.3, 0.4) is 0 Å². The van der Waals surface area contributed by atoms with Gasteiger partial charge in [-0.05, 0) is 0 Å². The van der Waals surface area contributed by atoms with E-state index in [1.54, 1.807) is 4.98 Å². The average molecular weight is 591 g/mol. The molecule has 17 nitrogen and oxygen atoms in total. The van der Waals surface area contributed by atoms with Crippen LogP contribution in [0.4, 0.5) is 10.3 Å². The Balaban J connectivity index is 1.23. The summed E-state index contributed by atoms with van der Waals surface area (Å²) >= 11 is 5.19. The van der Waals surface area contributed by atoms with E-state index in [0.717, 1.165) is 4.57 Å². The monoisotopic (exact) mass is 591 g/mol. The smallest absolute Gasteiger partial charge is 0.394 e. The highest BCUT2D eigenvalue weighted by Gasteiger charge is 2.43. The van der Waals surface area contributed by atoms with E-state index < -0.39 is 75.0 Å². The van der Waals surface area contributed by atoms with Crippen molar-refractivity contribution in [3.63, 3.8) is 0 Å². The Kier molecular flexibility index (Phi) is 7.53. The van der Waals surface area contributed by atoms with E-state index in [1.165, 1.54) is 10.9 Å². The summed E-state index contributed by atoms with van der Waals surface area (Å²) in [5.74, 6) is -1.19. The van der Waals surface area contributed by atoms with Gasteiger partial charge in [0.1, 0.15) is 40.9 Å². The lowest BCUT2D eigenvalue weighted by molar-refractivity contribution is -0.0568. The maximum Gasteiger partial charge on any atom is 0.472 e. The second-order valence-electron chi connectivity index (χ2n) is 8.81. The van der Waals surface area contributed by atoms with Crippen LogP contribution in [0.15, 0.2) is 22.1 Å². The van der Waals surface area contributed by atoms with Crippen molar-refractivity contribution in [1.82, 2.24) is 29.1 Å². The van der Waals surface area contributed by atoms with Crippen molar-refractivity contribution in [2.75, 3.05) is 18.9 Å². The number of phosphoric acid groups is 1. The molecule has 3 unspecified atom stereocenters. The fraction of sp³-hybridized carbons (Fsp3) is 0.526. The maximum absolute atomic E-state index is 13.6. The number of H-pyrrole nitrogens is 2. The fourth-order valence-electron chi connectivity index (χ4n) is 4.38. The Bertz CT molecular complexity index is 1610. The third kappa shape index (κ3) is 5.58. The summed E-state index contributed by atoms with van der Waals surface area (Å²) in [5, 5.41) is 20.0.